The van der Waals surface area contributed by atoms with Gasteiger partial charge in [-0.3, -0.25) is 25.0 Å². The Morgan fingerprint density at radius 2 is 1.21 bits per heavy atom. The molecule has 0 heterocycles. The molecule has 0 aliphatic carbocycles. The fourth-order valence-electron chi connectivity index (χ4n) is 3.04. The fraction of sp³-hybridized carbons (Fsp3) is 0.120. The first kappa shape index (κ1) is 24.0. The van der Waals surface area contributed by atoms with Gasteiger partial charge >= 0.3 is 0 Å². The number of hydrogen-bond donors (Lipinski definition) is 1. The van der Waals surface area contributed by atoms with E-state index in [9.17, 15) is 9.59 Å². The molecular weight excluding hydrogens is 452 g/mol. The Bertz CT molecular complexity index is 1120. The number of amides is 2. The van der Waals surface area contributed by atoms with Gasteiger partial charge in [0, 0.05) is 25.2 Å². The average Bonchev–Trinajstić information content (AvgIpc) is 2.85. The second-order valence-electron chi connectivity index (χ2n) is 7.17. The molecule has 3 rings (SSSR count). The summed E-state index contributed by atoms with van der Waals surface area (Å²) in [5.74, 6) is -0.842. The van der Waals surface area contributed by atoms with Gasteiger partial charge in [-0.05, 0) is 12.1 Å². The standard InChI is InChI=1S/C25H24N4O2S2/c1-27(26-24(32)19-12-6-3-7-13-19)22(30)18-23(31)28(2)29(21-16-10-5-11-17-21)25(33)20-14-8-4-9-15-20/h3-17H,18H2,1-2H3,(H,26,32). The summed E-state index contributed by atoms with van der Waals surface area (Å²) >= 11 is 11.1. The van der Waals surface area contributed by atoms with Crippen molar-refractivity contribution in [2.75, 3.05) is 19.1 Å². The molecule has 0 radical (unpaired) electrons. The van der Waals surface area contributed by atoms with Crippen LogP contribution in [-0.2, 0) is 9.59 Å². The van der Waals surface area contributed by atoms with Gasteiger partial charge in [0.15, 0.2) is 0 Å². The predicted molar refractivity (Wildman–Crippen MR) is 138 cm³/mol. The minimum absolute atomic E-state index is 0.363. The Kier molecular flexibility index (Phi) is 8.23. The molecule has 2 amide bonds. The van der Waals surface area contributed by atoms with Crippen LogP contribution in [0.2, 0.25) is 0 Å². The molecule has 0 aromatic heterocycles. The van der Waals surface area contributed by atoms with E-state index in [-0.39, 0.29) is 6.42 Å². The number of nitrogens with zero attached hydrogens (tertiary/aromatic N) is 3. The Hall–Kier alpha value is -3.62. The van der Waals surface area contributed by atoms with E-state index in [0.29, 0.717) is 15.7 Å². The summed E-state index contributed by atoms with van der Waals surface area (Å²) in [6, 6.07) is 28.0. The van der Waals surface area contributed by atoms with Gasteiger partial charge in [-0.15, -0.1) is 0 Å². The Labute approximate surface area is 204 Å². The van der Waals surface area contributed by atoms with Crippen LogP contribution in [0, 0.1) is 0 Å². The van der Waals surface area contributed by atoms with E-state index in [4.69, 9.17) is 24.4 Å². The second kappa shape index (κ2) is 11.3. The third kappa shape index (κ3) is 6.21. The summed E-state index contributed by atoms with van der Waals surface area (Å²) in [5.41, 5.74) is 5.13. The number of carbonyl (C=O) groups excluding carboxylic acids is 2. The average molecular weight is 477 g/mol. The number of anilines is 1. The summed E-state index contributed by atoms with van der Waals surface area (Å²) in [7, 11) is 3.13. The van der Waals surface area contributed by atoms with Crippen LogP contribution in [0.1, 0.15) is 17.5 Å². The highest BCUT2D eigenvalue weighted by Crippen LogP contribution is 2.20. The summed E-state index contributed by atoms with van der Waals surface area (Å²) in [4.78, 5) is 26.6. The zero-order valence-corrected chi connectivity index (χ0v) is 20.0. The van der Waals surface area contributed by atoms with Crippen LogP contribution in [0.4, 0.5) is 5.69 Å². The first-order valence-electron chi connectivity index (χ1n) is 10.2. The van der Waals surface area contributed by atoms with Gasteiger partial charge in [-0.2, -0.15) is 0 Å². The van der Waals surface area contributed by atoms with Gasteiger partial charge in [0.25, 0.3) is 5.91 Å². The van der Waals surface area contributed by atoms with E-state index < -0.39 is 11.8 Å². The van der Waals surface area contributed by atoms with Crippen molar-refractivity contribution >= 4 is 51.9 Å². The van der Waals surface area contributed by atoms with Gasteiger partial charge in [0.2, 0.25) is 5.91 Å². The maximum absolute atomic E-state index is 13.1. The number of hydrogen-bond acceptors (Lipinski definition) is 4. The molecule has 0 saturated heterocycles. The van der Waals surface area contributed by atoms with Crippen molar-refractivity contribution < 1.29 is 9.59 Å². The number of carbonyl (C=O) groups is 2. The highest BCUT2D eigenvalue weighted by Gasteiger charge is 2.25. The van der Waals surface area contributed by atoms with Crippen LogP contribution in [0.25, 0.3) is 0 Å². The lowest BCUT2D eigenvalue weighted by Gasteiger charge is -2.34. The third-order valence-electron chi connectivity index (χ3n) is 4.86. The zero-order chi connectivity index (χ0) is 23.8. The zero-order valence-electron chi connectivity index (χ0n) is 18.3. The van der Waals surface area contributed by atoms with E-state index in [2.05, 4.69) is 5.43 Å². The number of para-hydroxylation sites is 1. The van der Waals surface area contributed by atoms with E-state index in [1.54, 1.807) is 12.1 Å². The molecule has 0 aliphatic rings. The van der Waals surface area contributed by atoms with Crippen molar-refractivity contribution in [1.29, 1.82) is 0 Å². The van der Waals surface area contributed by atoms with Crippen LogP contribution in [-0.4, -0.2) is 45.9 Å². The van der Waals surface area contributed by atoms with Crippen molar-refractivity contribution in [3.8, 4) is 0 Å². The monoisotopic (exact) mass is 476 g/mol. The highest BCUT2D eigenvalue weighted by molar-refractivity contribution is 7.81. The van der Waals surface area contributed by atoms with Crippen LogP contribution >= 0.6 is 24.4 Å². The smallest absolute Gasteiger partial charge is 0.250 e. The Balaban J connectivity index is 1.72. The van der Waals surface area contributed by atoms with E-state index in [1.807, 2.05) is 91.0 Å². The molecule has 0 unspecified atom stereocenters. The van der Waals surface area contributed by atoms with Gasteiger partial charge < -0.3 is 0 Å². The summed E-state index contributed by atoms with van der Waals surface area (Å²) < 4.78 is 0. The van der Waals surface area contributed by atoms with Crippen molar-refractivity contribution in [1.82, 2.24) is 15.4 Å². The number of benzene rings is 3. The topological polar surface area (TPSA) is 55.9 Å². The van der Waals surface area contributed by atoms with Gasteiger partial charge in [-0.1, -0.05) is 103 Å². The van der Waals surface area contributed by atoms with Crippen molar-refractivity contribution in [2.45, 2.75) is 6.42 Å². The van der Waals surface area contributed by atoms with Gasteiger partial charge in [0.1, 0.15) is 16.4 Å². The Morgan fingerprint density at radius 1 is 0.727 bits per heavy atom. The predicted octanol–water partition coefficient (Wildman–Crippen LogP) is 3.97. The fourth-order valence-corrected chi connectivity index (χ4v) is 3.68. The van der Waals surface area contributed by atoms with Crippen LogP contribution in [0.5, 0.6) is 0 Å². The highest BCUT2D eigenvalue weighted by atomic mass is 32.1. The molecule has 3 aromatic carbocycles. The lowest BCUT2D eigenvalue weighted by molar-refractivity contribution is -0.140. The number of rotatable bonds is 5. The molecule has 0 atom stereocenters. The lowest BCUT2D eigenvalue weighted by Crippen LogP contribution is -2.50. The largest absolute Gasteiger partial charge is 0.285 e. The number of thiocarbonyl (C=S) groups is 2. The van der Waals surface area contributed by atoms with E-state index >= 15 is 0 Å². The number of nitrogens with one attached hydrogen (secondary N) is 1. The molecular formula is C25H24N4O2S2. The van der Waals surface area contributed by atoms with Gasteiger partial charge in [-0.25, -0.2) is 5.01 Å². The Morgan fingerprint density at radius 3 is 1.76 bits per heavy atom. The first-order chi connectivity index (χ1) is 15.9. The summed E-state index contributed by atoms with van der Waals surface area (Å²) in [6.45, 7) is 0. The van der Waals surface area contributed by atoms with Crippen molar-refractivity contribution in [3.63, 3.8) is 0 Å². The molecule has 0 aliphatic heterocycles. The van der Waals surface area contributed by atoms with Crippen LogP contribution in [0.15, 0.2) is 91.0 Å². The lowest BCUT2D eigenvalue weighted by atomic mass is 10.2. The van der Waals surface area contributed by atoms with Crippen molar-refractivity contribution in [3.05, 3.63) is 102 Å². The molecule has 33 heavy (non-hydrogen) atoms. The summed E-state index contributed by atoms with van der Waals surface area (Å²) in [5, 5.41) is 4.22. The summed E-state index contributed by atoms with van der Waals surface area (Å²) in [6.07, 6.45) is -0.363. The van der Waals surface area contributed by atoms with Crippen LogP contribution in [0.3, 0.4) is 0 Å². The molecule has 8 heteroatoms. The maximum atomic E-state index is 13.1. The molecule has 0 saturated carbocycles. The molecule has 0 fully saturated rings. The SMILES string of the molecule is CN(NC(=S)c1ccccc1)C(=O)CC(=O)N(C)N(C(=S)c1ccccc1)c1ccccc1. The number of hydrazine groups is 2. The minimum atomic E-state index is -0.427. The van der Waals surface area contributed by atoms with Crippen molar-refractivity contribution in [2.24, 2.45) is 0 Å². The molecule has 6 nitrogen and oxygen atoms in total. The quantitative estimate of drug-likeness (QED) is 0.342. The molecule has 0 bridgehead atoms. The molecule has 0 spiro atoms. The molecule has 168 valence electrons. The van der Waals surface area contributed by atoms with Gasteiger partial charge in [0.05, 0.1) is 5.69 Å². The third-order valence-corrected chi connectivity index (χ3v) is 5.59. The first-order valence-corrected chi connectivity index (χ1v) is 11.0. The van der Waals surface area contributed by atoms with Crippen LogP contribution < -0.4 is 10.4 Å². The molecule has 1 N–H and O–H groups in total. The minimum Gasteiger partial charge on any atom is -0.285 e. The molecule has 3 aromatic rings. The maximum Gasteiger partial charge on any atom is 0.250 e. The van der Waals surface area contributed by atoms with E-state index in [1.165, 1.54) is 17.1 Å². The van der Waals surface area contributed by atoms with E-state index in [0.717, 1.165) is 11.1 Å². The second-order valence-corrected chi connectivity index (χ2v) is 7.97. The normalized spacial score (nSPS) is 10.1.